The number of hydrogen-bond donors (Lipinski definition) is 3. The number of allylic oxidation sites excluding steroid dienone is 1. The molecule has 1 saturated carbocycles. The normalized spacial score (nSPS) is 20.6. The number of rotatable bonds is 8. The summed E-state index contributed by atoms with van der Waals surface area (Å²) in [6, 6.07) is 16.9. The summed E-state index contributed by atoms with van der Waals surface area (Å²) in [5.41, 5.74) is 7.58. The fourth-order valence-corrected chi connectivity index (χ4v) is 5.25. The number of halogens is 1. The van der Waals surface area contributed by atoms with Gasteiger partial charge in [-0.25, -0.2) is 9.97 Å². The average molecular weight is 547 g/mol. The Morgan fingerprint density at radius 1 is 1.14 bits per heavy atom. The van der Waals surface area contributed by atoms with Crippen molar-refractivity contribution >= 4 is 39.2 Å². The number of para-hydroxylation sites is 1. The van der Waals surface area contributed by atoms with E-state index >= 15 is 0 Å². The Labute approximate surface area is 218 Å². The van der Waals surface area contributed by atoms with Gasteiger partial charge in [-0.05, 0) is 61.2 Å². The number of anilines is 2. The molecule has 0 spiro atoms. The summed E-state index contributed by atoms with van der Waals surface area (Å²) < 4.78 is 5.87. The highest BCUT2D eigenvalue weighted by atomic mass is 79.9. The molecule has 9 heteroatoms. The number of nitrogens with one attached hydrogen (secondary N) is 2. The maximum Gasteiger partial charge on any atom is 0.246 e. The van der Waals surface area contributed by atoms with Gasteiger partial charge in [-0.15, -0.1) is 0 Å². The fourth-order valence-electron chi connectivity index (χ4n) is 5.06. The van der Waals surface area contributed by atoms with E-state index in [2.05, 4.69) is 31.2 Å². The van der Waals surface area contributed by atoms with Crippen molar-refractivity contribution in [2.75, 3.05) is 22.9 Å². The largest absolute Gasteiger partial charge is 0.457 e. The maximum atomic E-state index is 12.6. The maximum absolute atomic E-state index is 12.6. The number of alkyl halides is 1. The van der Waals surface area contributed by atoms with Crippen molar-refractivity contribution in [3.05, 3.63) is 84.2 Å². The van der Waals surface area contributed by atoms with Crippen LogP contribution in [0.15, 0.2) is 73.1 Å². The molecule has 3 aromatic rings. The molecule has 2 heterocycles. The first-order valence-electron chi connectivity index (χ1n) is 11.9. The molecule has 4 N–H and O–H groups in total. The lowest BCUT2D eigenvalue weighted by molar-refractivity contribution is -0.127. The van der Waals surface area contributed by atoms with E-state index in [0.29, 0.717) is 33.9 Å². The number of piperidine rings is 1. The summed E-state index contributed by atoms with van der Waals surface area (Å²) in [5.74, 6) is 2.65. The van der Waals surface area contributed by atoms with Crippen molar-refractivity contribution in [1.29, 1.82) is 5.41 Å². The van der Waals surface area contributed by atoms with Crippen LogP contribution >= 0.6 is 15.9 Å². The number of aromatic nitrogens is 2. The number of ether oxygens (including phenoxy) is 1. The zero-order valence-corrected chi connectivity index (χ0v) is 21.2. The van der Waals surface area contributed by atoms with Crippen LogP contribution in [0.2, 0.25) is 0 Å². The molecule has 1 amide bonds. The Morgan fingerprint density at radius 2 is 1.89 bits per heavy atom. The second kappa shape index (κ2) is 10.5. The molecule has 2 bridgehead atoms. The molecule has 2 aromatic carbocycles. The van der Waals surface area contributed by atoms with E-state index < -0.39 is 0 Å². The zero-order valence-electron chi connectivity index (χ0n) is 19.6. The lowest BCUT2D eigenvalue weighted by Crippen LogP contribution is -2.47. The summed E-state index contributed by atoms with van der Waals surface area (Å²) in [6.07, 6.45) is 6.75. The molecule has 0 radical (unpaired) electrons. The van der Waals surface area contributed by atoms with E-state index in [1.54, 1.807) is 6.08 Å². The van der Waals surface area contributed by atoms with Gasteiger partial charge in [0, 0.05) is 23.5 Å². The molecule has 1 aliphatic heterocycles. The summed E-state index contributed by atoms with van der Waals surface area (Å²) in [7, 11) is 0. The highest BCUT2D eigenvalue weighted by Gasteiger charge is 2.46. The van der Waals surface area contributed by atoms with Crippen molar-refractivity contribution in [3.8, 4) is 11.5 Å². The number of nitrogens with zero attached hydrogens (tertiary/aromatic N) is 3. The molecule has 8 nitrogen and oxygen atoms in total. The molecule has 5 rings (SSSR count). The first-order chi connectivity index (χ1) is 17.5. The molecule has 3 unspecified atom stereocenters. The van der Waals surface area contributed by atoms with Crippen LogP contribution in [0.25, 0.3) is 0 Å². The van der Waals surface area contributed by atoms with E-state index in [9.17, 15) is 4.79 Å². The molecule has 3 atom stereocenters. The Bertz CT molecular complexity index is 1280. The third kappa shape index (κ3) is 4.97. The van der Waals surface area contributed by atoms with Crippen LogP contribution in [0.1, 0.15) is 24.0 Å². The SMILES string of the molecule is N=C(c1ccc(Oc2ccccc2)cc1)c1c(N)ncnc1NC1CC2CC1N(C(=O)/C=C/CBr)C2. The number of carbonyl (C=O) groups excluding carboxylic acids is 1. The van der Waals surface area contributed by atoms with Gasteiger partial charge < -0.3 is 20.7 Å². The summed E-state index contributed by atoms with van der Waals surface area (Å²) in [6.45, 7) is 0.778. The number of carbonyl (C=O) groups is 1. The number of benzene rings is 2. The predicted molar refractivity (Wildman–Crippen MR) is 144 cm³/mol. The number of fused-ring (bicyclic) bond motifs is 2. The van der Waals surface area contributed by atoms with Crippen LogP contribution in [0.5, 0.6) is 11.5 Å². The number of hydrogen-bond acceptors (Lipinski definition) is 7. The van der Waals surface area contributed by atoms with Crippen molar-refractivity contribution < 1.29 is 9.53 Å². The second-order valence-corrected chi connectivity index (χ2v) is 9.65. The number of nitrogen functional groups attached to an aromatic ring is 1. The molecular formula is C27H27BrN6O2. The summed E-state index contributed by atoms with van der Waals surface area (Å²) in [4.78, 5) is 23.2. The fraction of sp³-hybridized carbons (Fsp3) is 0.259. The van der Waals surface area contributed by atoms with Crippen LogP contribution < -0.4 is 15.8 Å². The third-order valence-electron chi connectivity index (χ3n) is 6.68. The van der Waals surface area contributed by atoms with E-state index in [1.807, 2.05) is 65.6 Å². The zero-order chi connectivity index (χ0) is 25.1. The Morgan fingerprint density at radius 3 is 2.61 bits per heavy atom. The summed E-state index contributed by atoms with van der Waals surface area (Å²) >= 11 is 3.33. The monoisotopic (exact) mass is 546 g/mol. The van der Waals surface area contributed by atoms with Crippen LogP contribution in [-0.4, -0.2) is 50.4 Å². The molecule has 2 aliphatic rings. The number of nitrogens with two attached hydrogens (primary N) is 1. The topological polar surface area (TPSA) is 117 Å². The van der Waals surface area contributed by atoms with E-state index in [0.717, 1.165) is 25.1 Å². The second-order valence-electron chi connectivity index (χ2n) is 9.00. The van der Waals surface area contributed by atoms with Gasteiger partial charge in [0.2, 0.25) is 5.91 Å². The highest BCUT2D eigenvalue weighted by molar-refractivity contribution is 9.09. The third-order valence-corrected chi connectivity index (χ3v) is 7.06. The van der Waals surface area contributed by atoms with Gasteiger partial charge in [0.25, 0.3) is 0 Å². The van der Waals surface area contributed by atoms with Gasteiger partial charge in [-0.3, -0.25) is 10.2 Å². The van der Waals surface area contributed by atoms with E-state index in [1.165, 1.54) is 6.33 Å². The van der Waals surface area contributed by atoms with Crippen LogP contribution in [0.4, 0.5) is 11.6 Å². The lowest BCUT2D eigenvalue weighted by Gasteiger charge is -2.33. The minimum absolute atomic E-state index is 0.0291. The number of likely N-dealkylation sites (tertiary alicyclic amines) is 1. The molecule has 1 saturated heterocycles. The predicted octanol–water partition coefficient (Wildman–Crippen LogP) is 4.62. The van der Waals surface area contributed by atoms with Gasteiger partial charge in [0.1, 0.15) is 29.5 Å². The van der Waals surface area contributed by atoms with Gasteiger partial charge >= 0.3 is 0 Å². The standard InChI is InChI=1S/C27H27BrN6O2/c28-12-4-7-23(35)34-15-17-13-21(22(34)14-17)33-27-24(26(30)31-16-32-27)25(29)18-8-10-20(11-9-18)36-19-5-2-1-3-6-19/h1-11,16-17,21-22,29H,12-15H2,(H3,30,31,32,33)/b7-4+,29-25?. The molecular weight excluding hydrogens is 520 g/mol. The Kier molecular flexibility index (Phi) is 6.99. The minimum Gasteiger partial charge on any atom is -0.457 e. The van der Waals surface area contributed by atoms with Crippen molar-refractivity contribution in [2.45, 2.75) is 24.9 Å². The molecule has 1 aliphatic carbocycles. The van der Waals surface area contributed by atoms with Gasteiger partial charge in [0.05, 0.1) is 17.3 Å². The quantitative estimate of drug-likeness (QED) is 0.215. The molecule has 36 heavy (non-hydrogen) atoms. The molecule has 2 fully saturated rings. The van der Waals surface area contributed by atoms with Gasteiger partial charge in [-0.1, -0.05) is 40.2 Å². The highest BCUT2D eigenvalue weighted by Crippen LogP contribution is 2.40. The summed E-state index contributed by atoms with van der Waals surface area (Å²) in [5, 5.41) is 13.0. The minimum atomic E-state index is 0.0291. The van der Waals surface area contributed by atoms with E-state index in [-0.39, 0.29) is 29.5 Å². The van der Waals surface area contributed by atoms with Gasteiger partial charge in [-0.2, -0.15) is 0 Å². The lowest BCUT2D eigenvalue weighted by atomic mass is 10.0. The van der Waals surface area contributed by atoms with Crippen LogP contribution in [0.3, 0.4) is 0 Å². The smallest absolute Gasteiger partial charge is 0.246 e. The van der Waals surface area contributed by atoms with Crippen molar-refractivity contribution in [3.63, 3.8) is 0 Å². The first kappa shape index (κ1) is 24.0. The Hall–Kier alpha value is -3.72. The first-order valence-corrected chi connectivity index (χ1v) is 13.0. The van der Waals surface area contributed by atoms with Gasteiger partial charge in [0.15, 0.2) is 0 Å². The van der Waals surface area contributed by atoms with Crippen LogP contribution in [-0.2, 0) is 4.79 Å². The van der Waals surface area contributed by atoms with E-state index in [4.69, 9.17) is 15.9 Å². The molecule has 1 aromatic heterocycles. The number of amides is 1. The Balaban J connectivity index is 1.34. The van der Waals surface area contributed by atoms with Crippen molar-refractivity contribution in [2.24, 2.45) is 5.92 Å². The van der Waals surface area contributed by atoms with Crippen LogP contribution in [0, 0.1) is 11.3 Å². The molecule has 184 valence electrons. The van der Waals surface area contributed by atoms with Crippen molar-refractivity contribution in [1.82, 2.24) is 14.9 Å². The average Bonchev–Trinajstić information content (AvgIpc) is 3.49.